The molecule has 19 heavy (non-hydrogen) atoms. The van der Waals surface area contributed by atoms with Gasteiger partial charge in [0, 0.05) is 17.1 Å². The van der Waals surface area contributed by atoms with E-state index >= 15 is 0 Å². The van der Waals surface area contributed by atoms with Crippen LogP contribution in [-0.2, 0) is 0 Å². The van der Waals surface area contributed by atoms with E-state index in [0.29, 0.717) is 18.0 Å². The molecular weight excluding hydrogens is 256 g/mol. The first kappa shape index (κ1) is 14.8. The van der Waals surface area contributed by atoms with Gasteiger partial charge >= 0.3 is 0 Å². The molecule has 0 saturated carbocycles. The first-order valence-corrected chi connectivity index (χ1v) is 7.77. The standard InChI is InChI=1S/C16H25ClN2/c1-12(2)16(13-5-7-14(17)8-6-13)19-15-4-3-10-18-11-9-15/h5-8,12,15-16,18-19H,3-4,9-11H2,1-2H3. The lowest BCUT2D eigenvalue weighted by atomic mass is 9.94. The molecule has 0 spiro atoms. The lowest BCUT2D eigenvalue weighted by molar-refractivity contribution is 0.341. The fraction of sp³-hybridized carbons (Fsp3) is 0.625. The highest BCUT2D eigenvalue weighted by molar-refractivity contribution is 6.30. The molecule has 1 aromatic rings. The molecule has 1 heterocycles. The van der Waals surface area contributed by atoms with E-state index in [1.165, 1.54) is 24.8 Å². The smallest absolute Gasteiger partial charge is 0.0406 e. The summed E-state index contributed by atoms with van der Waals surface area (Å²) in [6.45, 7) is 6.84. The maximum Gasteiger partial charge on any atom is 0.0406 e. The SMILES string of the molecule is CC(C)C(NC1CCCNCC1)c1ccc(Cl)cc1. The molecule has 106 valence electrons. The van der Waals surface area contributed by atoms with Gasteiger partial charge in [-0.15, -0.1) is 0 Å². The van der Waals surface area contributed by atoms with Gasteiger partial charge in [0.05, 0.1) is 0 Å². The minimum atomic E-state index is 0.417. The van der Waals surface area contributed by atoms with Crippen molar-refractivity contribution in [2.45, 2.75) is 45.2 Å². The van der Waals surface area contributed by atoms with Crippen LogP contribution in [0, 0.1) is 5.92 Å². The molecule has 2 N–H and O–H groups in total. The van der Waals surface area contributed by atoms with Crippen molar-refractivity contribution in [3.63, 3.8) is 0 Å². The zero-order valence-electron chi connectivity index (χ0n) is 12.0. The summed E-state index contributed by atoms with van der Waals surface area (Å²) in [6, 6.07) is 9.31. The van der Waals surface area contributed by atoms with Crippen molar-refractivity contribution in [3.8, 4) is 0 Å². The summed E-state index contributed by atoms with van der Waals surface area (Å²) in [5.74, 6) is 0.581. The van der Waals surface area contributed by atoms with Gasteiger partial charge in [0.15, 0.2) is 0 Å². The van der Waals surface area contributed by atoms with Crippen molar-refractivity contribution in [2.75, 3.05) is 13.1 Å². The largest absolute Gasteiger partial charge is 0.317 e. The molecule has 0 aromatic heterocycles. The molecule has 2 rings (SSSR count). The van der Waals surface area contributed by atoms with E-state index in [9.17, 15) is 0 Å². The van der Waals surface area contributed by atoms with Crippen LogP contribution in [0.4, 0.5) is 0 Å². The van der Waals surface area contributed by atoms with Crippen LogP contribution in [-0.4, -0.2) is 19.1 Å². The monoisotopic (exact) mass is 280 g/mol. The molecule has 1 aliphatic heterocycles. The Bertz CT molecular complexity index is 367. The van der Waals surface area contributed by atoms with Gasteiger partial charge in [0.25, 0.3) is 0 Å². The van der Waals surface area contributed by atoms with E-state index < -0.39 is 0 Å². The van der Waals surface area contributed by atoms with Gasteiger partial charge in [-0.1, -0.05) is 37.6 Å². The van der Waals surface area contributed by atoms with Crippen LogP contribution >= 0.6 is 11.6 Å². The summed E-state index contributed by atoms with van der Waals surface area (Å²) in [5.41, 5.74) is 1.34. The van der Waals surface area contributed by atoms with Crippen LogP contribution in [0.25, 0.3) is 0 Å². The van der Waals surface area contributed by atoms with Crippen LogP contribution in [0.5, 0.6) is 0 Å². The van der Waals surface area contributed by atoms with E-state index in [0.717, 1.165) is 18.1 Å². The van der Waals surface area contributed by atoms with Crippen molar-refractivity contribution in [3.05, 3.63) is 34.9 Å². The van der Waals surface area contributed by atoms with Crippen molar-refractivity contribution in [2.24, 2.45) is 5.92 Å². The molecule has 1 aliphatic rings. The number of halogens is 1. The Kier molecular flexibility index (Phi) is 5.68. The van der Waals surface area contributed by atoms with Gasteiger partial charge < -0.3 is 10.6 Å². The Labute approximate surface area is 121 Å². The molecule has 1 aromatic carbocycles. The topological polar surface area (TPSA) is 24.1 Å². The molecular formula is C16H25ClN2. The number of nitrogens with one attached hydrogen (secondary N) is 2. The fourth-order valence-corrected chi connectivity index (χ4v) is 2.91. The van der Waals surface area contributed by atoms with E-state index in [-0.39, 0.29) is 0 Å². The van der Waals surface area contributed by atoms with E-state index in [1.807, 2.05) is 12.1 Å². The highest BCUT2D eigenvalue weighted by atomic mass is 35.5. The molecule has 0 amide bonds. The number of hydrogen-bond donors (Lipinski definition) is 2. The van der Waals surface area contributed by atoms with E-state index in [4.69, 9.17) is 11.6 Å². The highest BCUT2D eigenvalue weighted by Crippen LogP contribution is 2.25. The first-order valence-electron chi connectivity index (χ1n) is 7.39. The maximum absolute atomic E-state index is 5.98. The summed E-state index contributed by atoms with van der Waals surface area (Å²) in [6.07, 6.45) is 3.75. The second-order valence-electron chi connectivity index (χ2n) is 5.82. The van der Waals surface area contributed by atoms with E-state index in [2.05, 4.69) is 36.6 Å². The Morgan fingerprint density at radius 2 is 1.89 bits per heavy atom. The summed E-state index contributed by atoms with van der Waals surface area (Å²) < 4.78 is 0. The lowest BCUT2D eigenvalue weighted by Gasteiger charge is -2.28. The molecule has 2 unspecified atom stereocenters. The summed E-state index contributed by atoms with van der Waals surface area (Å²) in [5, 5.41) is 8.13. The normalized spacial score (nSPS) is 22.2. The number of hydrogen-bond acceptors (Lipinski definition) is 2. The fourth-order valence-electron chi connectivity index (χ4n) is 2.78. The maximum atomic E-state index is 5.98. The highest BCUT2D eigenvalue weighted by Gasteiger charge is 2.20. The average Bonchev–Trinajstić information content (AvgIpc) is 2.65. The third-order valence-corrected chi connectivity index (χ3v) is 4.14. The predicted octanol–water partition coefficient (Wildman–Crippen LogP) is 3.77. The van der Waals surface area contributed by atoms with E-state index in [1.54, 1.807) is 0 Å². The number of benzene rings is 1. The van der Waals surface area contributed by atoms with Gasteiger partial charge in [-0.2, -0.15) is 0 Å². The molecule has 3 heteroatoms. The minimum absolute atomic E-state index is 0.417. The molecule has 2 nitrogen and oxygen atoms in total. The molecule has 0 bridgehead atoms. The van der Waals surface area contributed by atoms with Crippen molar-refractivity contribution >= 4 is 11.6 Å². The van der Waals surface area contributed by atoms with Crippen molar-refractivity contribution in [1.82, 2.24) is 10.6 Å². The van der Waals surface area contributed by atoms with Crippen LogP contribution in [0.15, 0.2) is 24.3 Å². The van der Waals surface area contributed by atoms with Gasteiger partial charge in [-0.25, -0.2) is 0 Å². The molecule has 1 fully saturated rings. The third-order valence-electron chi connectivity index (χ3n) is 3.89. The molecule has 0 aliphatic carbocycles. The minimum Gasteiger partial charge on any atom is -0.317 e. The Morgan fingerprint density at radius 3 is 2.58 bits per heavy atom. The summed E-state index contributed by atoms with van der Waals surface area (Å²) in [4.78, 5) is 0. The van der Waals surface area contributed by atoms with Crippen LogP contribution < -0.4 is 10.6 Å². The van der Waals surface area contributed by atoms with Crippen LogP contribution in [0.3, 0.4) is 0 Å². The van der Waals surface area contributed by atoms with Crippen LogP contribution in [0.1, 0.15) is 44.7 Å². The summed E-state index contributed by atoms with van der Waals surface area (Å²) >= 11 is 5.98. The van der Waals surface area contributed by atoms with Gasteiger partial charge in [0.2, 0.25) is 0 Å². The quantitative estimate of drug-likeness (QED) is 0.877. The molecule has 2 atom stereocenters. The molecule has 0 radical (unpaired) electrons. The van der Waals surface area contributed by atoms with Crippen LogP contribution in [0.2, 0.25) is 5.02 Å². The van der Waals surface area contributed by atoms with Gasteiger partial charge in [0.1, 0.15) is 0 Å². The first-order chi connectivity index (χ1) is 9.16. The summed E-state index contributed by atoms with van der Waals surface area (Å²) in [7, 11) is 0. The Balaban J connectivity index is 2.04. The Hall–Kier alpha value is -0.570. The molecule has 1 saturated heterocycles. The van der Waals surface area contributed by atoms with Gasteiger partial charge in [-0.3, -0.25) is 0 Å². The predicted molar refractivity (Wildman–Crippen MR) is 82.7 cm³/mol. The zero-order valence-corrected chi connectivity index (χ0v) is 12.7. The lowest BCUT2D eigenvalue weighted by Crippen LogP contribution is -2.36. The average molecular weight is 281 g/mol. The van der Waals surface area contributed by atoms with Crippen molar-refractivity contribution in [1.29, 1.82) is 0 Å². The Morgan fingerprint density at radius 1 is 1.16 bits per heavy atom. The van der Waals surface area contributed by atoms with Crippen molar-refractivity contribution < 1.29 is 0 Å². The van der Waals surface area contributed by atoms with Gasteiger partial charge in [-0.05, 0) is 56.0 Å². The number of rotatable bonds is 4. The zero-order chi connectivity index (χ0) is 13.7. The third kappa shape index (κ3) is 4.48. The second-order valence-corrected chi connectivity index (χ2v) is 6.25. The second kappa shape index (κ2) is 7.28.